The van der Waals surface area contributed by atoms with E-state index in [1.807, 2.05) is 12.3 Å². The Kier molecular flexibility index (Phi) is 11.1. The molecule has 0 fully saturated rings. The molecule has 7 aromatic rings. The van der Waals surface area contributed by atoms with Gasteiger partial charge in [-0.15, -0.1) is 41.3 Å². The Labute approximate surface area is 341 Å². The molecule has 0 aliphatic heterocycles. The number of aryl methyl sites for hydroxylation is 4. The molecular weight excluding hydrogens is 767 g/mol. The second-order valence-electron chi connectivity index (χ2n) is 17.7. The molecule has 0 unspecified atom stereocenters. The molecule has 0 aliphatic rings. The zero-order valence-electron chi connectivity index (χ0n) is 34.5. The Morgan fingerprint density at radius 1 is 0.764 bits per heavy atom. The van der Waals surface area contributed by atoms with Crippen LogP contribution in [0.5, 0.6) is 11.5 Å². The van der Waals surface area contributed by atoms with Crippen molar-refractivity contribution in [1.29, 1.82) is 0 Å². The molecule has 0 amide bonds. The predicted molar refractivity (Wildman–Crippen MR) is 225 cm³/mol. The van der Waals surface area contributed by atoms with Gasteiger partial charge in [0.05, 0.1) is 5.69 Å². The molecule has 0 N–H and O–H groups in total. The van der Waals surface area contributed by atoms with Gasteiger partial charge >= 0.3 is 20.4 Å². The van der Waals surface area contributed by atoms with E-state index in [4.69, 9.17) is 14.8 Å². The van der Waals surface area contributed by atoms with E-state index in [0.29, 0.717) is 11.5 Å². The van der Waals surface area contributed by atoms with Crippen molar-refractivity contribution in [3.63, 3.8) is 0 Å². The number of aromatic nitrogens is 4. The first-order valence-electron chi connectivity index (χ1n) is 19.3. The van der Waals surface area contributed by atoms with Gasteiger partial charge in [0.25, 0.3) is 0 Å². The summed E-state index contributed by atoms with van der Waals surface area (Å²) in [5.74, 6) is 2.40. The first-order valence-corrected chi connectivity index (χ1v) is 19.3. The van der Waals surface area contributed by atoms with Crippen LogP contribution >= 0.6 is 0 Å². The molecule has 0 saturated heterocycles. The monoisotopic (exact) mass is 820 g/mol. The molecule has 3 aromatic heterocycles. The molecule has 4 aromatic carbocycles. The quantitative estimate of drug-likeness (QED) is 0.113. The Morgan fingerprint density at radius 2 is 1.47 bits per heavy atom. The van der Waals surface area contributed by atoms with Crippen molar-refractivity contribution in [2.75, 3.05) is 0 Å². The molecule has 0 atom stereocenters. The number of nitrogens with zero attached hydrogens (tertiary/aromatic N) is 4. The third kappa shape index (κ3) is 8.09. The summed E-state index contributed by atoms with van der Waals surface area (Å²) in [5.41, 5.74) is 14.0. The fourth-order valence-corrected chi connectivity index (χ4v) is 7.75. The molecule has 0 bridgehead atoms. The number of hydrogen-bond acceptors (Lipinski definition) is 3. The average molecular weight is 821 g/mol. The second kappa shape index (κ2) is 15.2. The number of benzene rings is 4. The van der Waals surface area contributed by atoms with Gasteiger partial charge in [-0.05, 0) is 109 Å². The Bertz CT molecular complexity index is 2500. The Balaban J connectivity index is 0.00000514. The first-order chi connectivity index (χ1) is 25.5. The molecule has 0 saturated carbocycles. The maximum atomic E-state index is 6.75. The first kappa shape index (κ1) is 40.2. The SMILES string of the molecule is Cc1cc(C)c(-c2c(C)nn(-c3[c-]c(Oc4[c-]c5c(cc4)c4ccccc4n5-c4cc(C(C)(C)C)ccn4)cc(C(C)C)c3)c2CCC(C)(C)C)c(C)c1.[Pd+2]. The number of ether oxygens (including phenoxy) is 1. The van der Waals surface area contributed by atoms with Gasteiger partial charge < -0.3 is 9.30 Å². The van der Waals surface area contributed by atoms with Gasteiger partial charge in [0.15, 0.2) is 0 Å². The number of fused-ring (bicyclic) bond motifs is 3. The molecule has 0 radical (unpaired) electrons. The summed E-state index contributed by atoms with van der Waals surface area (Å²) in [7, 11) is 0. The molecule has 0 spiro atoms. The Morgan fingerprint density at radius 3 is 2.15 bits per heavy atom. The molecule has 7 rings (SSSR count). The molecule has 0 aliphatic carbocycles. The van der Waals surface area contributed by atoms with E-state index < -0.39 is 0 Å². The van der Waals surface area contributed by atoms with Gasteiger partial charge in [-0.1, -0.05) is 96.8 Å². The van der Waals surface area contributed by atoms with Crippen molar-refractivity contribution in [1.82, 2.24) is 19.3 Å². The minimum atomic E-state index is -0.0122. The Hall–Kier alpha value is -4.50. The molecular formula is C49H54N4OPd. The maximum Gasteiger partial charge on any atom is 2.00 e. The molecule has 3 heterocycles. The number of hydrogen-bond donors (Lipinski definition) is 0. The van der Waals surface area contributed by atoms with Crippen molar-refractivity contribution in [3.05, 3.63) is 130 Å². The van der Waals surface area contributed by atoms with Crippen molar-refractivity contribution < 1.29 is 25.2 Å². The van der Waals surface area contributed by atoms with Gasteiger partial charge in [-0.3, -0.25) is 4.68 Å². The van der Waals surface area contributed by atoms with E-state index in [1.54, 1.807) is 0 Å². The summed E-state index contributed by atoms with van der Waals surface area (Å²) in [5, 5.41) is 7.51. The second-order valence-corrected chi connectivity index (χ2v) is 17.7. The fourth-order valence-electron chi connectivity index (χ4n) is 7.75. The molecule has 286 valence electrons. The molecule has 5 nitrogen and oxygen atoms in total. The number of rotatable bonds is 8. The van der Waals surface area contributed by atoms with Crippen LogP contribution in [0.25, 0.3) is 44.4 Å². The van der Waals surface area contributed by atoms with Crippen LogP contribution in [0, 0.1) is 45.2 Å². The largest absolute Gasteiger partial charge is 2.00 e. The van der Waals surface area contributed by atoms with E-state index >= 15 is 0 Å². The van der Waals surface area contributed by atoms with Gasteiger partial charge in [-0.2, -0.15) is 11.2 Å². The van der Waals surface area contributed by atoms with Gasteiger partial charge in [0.1, 0.15) is 5.82 Å². The van der Waals surface area contributed by atoms with Crippen LogP contribution in [-0.4, -0.2) is 19.3 Å². The van der Waals surface area contributed by atoms with Crippen LogP contribution in [0.2, 0.25) is 0 Å². The zero-order chi connectivity index (χ0) is 38.7. The normalized spacial score (nSPS) is 12.2. The van der Waals surface area contributed by atoms with Gasteiger partial charge in [-0.25, -0.2) is 4.98 Å². The maximum absolute atomic E-state index is 6.75. The van der Waals surface area contributed by atoms with Crippen LogP contribution in [-0.2, 0) is 32.3 Å². The number of pyridine rings is 1. The van der Waals surface area contributed by atoms with Crippen molar-refractivity contribution in [2.24, 2.45) is 5.41 Å². The summed E-state index contributed by atoms with van der Waals surface area (Å²) in [6, 6.07) is 33.1. The molecule has 6 heteroatoms. The summed E-state index contributed by atoms with van der Waals surface area (Å²) in [6.45, 7) is 26.8. The van der Waals surface area contributed by atoms with Crippen LogP contribution in [0.3, 0.4) is 0 Å². The fraction of sp³-hybridized carbons (Fsp3) is 0.347. The minimum Gasteiger partial charge on any atom is -0.509 e. The summed E-state index contributed by atoms with van der Waals surface area (Å²) < 4.78 is 11.1. The van der Waals surface area contributed by atoms with E-state index in [-0.39, 0.29) is 37.2 Å². The van der Waals surface area contributed by atoms with Crippen LogP contribution in [0.15, 0.2) is 79.0 Å². The van der Waals surface area contributed by atoms with Crippen molar-refractivity contribution >= 4 is 21.8 Å². The van der Waals surface area contributed by atoms with E-state index in [0.717, 1.165) is 57.4 Å². The van der Waals surface area contributed by atoms with E-state index in [2.05, 4.69) is 171 Å². The minimum absolute atomic E-state index is 0. The smallest absolute Gasteiger partial charge is 0.509 e. The summed E-state index contributed by atoms with van der Waals surface area (Å²) in [6.07, 6.45) is 3.82. The zero-order valence-corrected chi connectivity index (χ0v) is 36.1. The molecule has 55 heavy (non-hydrogen) atoms. The predicted octanol–water partition coefficient (Wildman–Crippen LogP) is 13.1. The summed E-state index contributed by atoms with van der Waals surface area (Å²) in [4.78, 5) is 4.86. The van der Waals surface area contributed by atoms with Crippen LogP contribution < -0.4 is 4.74 Å². The van der Waals surface area contributed by atoms with Crippen molar-refractivity contribution in [3.8, 4) is 34.1 Å². The van der Waals surface area contributed by atoms with E-state index in [1.165, 1.54) is 39.1 Å². The number of para-hydroxylation sites is 1. The van der Waals surface area contributed by atoms with Gasteiger partial charge in [0, 0.05) is 34.5 Å². The van der Waals surface area contributed by atoms with Crippen molar-refractivity contribution in [2.45, 2.75) is 107 Å². The van der Waals surface area contributed by atoms with Gasteiger partial charge in [0.2, 0.25) is 0 Å². The third-order valence-corrected chi connectivity index (χ3v) is 10.6. The summed E-state index contributed by atoms with van der Waals surface area (Å²) >= 11 is 0. The third-order valence-electron chi connectivity index (χ3n) is 10.6. The topological polar surface area (TPSA) is 44.9 Å². The standard InChI is InChI=1S/C49H54N4O.Pd/c1-30(2)35-25-37(53-43(19-21-48(7,8)9)47(34(6)51-53)46-32(4)23-31(3)24-33(46)5)28-39(26-35)54-38-17-18-41-40-15-13-14-16-42(40)52(44(41)29-38)45-27-36(20-22-50-45)49(10,11)12;/h13-18,20,22-27,30H,19,21H2,1-12H3;/q-2;+2. The van der Waals surface area contributed by atoms with Crippen LogP contribution in [0.1, 0.15) is 107 Å². The van der Waals surface area contributed by atoms with E-state index in [9.17, 15) is 0 Å². The van der Waals surface area contributed by atoms with Crippen LogP contribution in [0.4, 0.5) is 0 Å². The average Bonchev–Trinajstić information content (AvgIpc) is 3.60.